The van der Waals surface area contributed by atoms with E-state index in [4.69, 9.17) is 0 Å². The first kappa shape index (κ1) is 17.1. The summed E-state index contributed by atoms with van der Waals surface area (Å²) in [7, 11) is 0. The third-order valence-electron chi connectivity index (χ3n) is 4.23. The van der Waals surface area contributed by atoms with Crippen LogP contribution < -0.4 is 0 Å². The van der Waals surface area contributed by atoms with E-state index in [-0.39, 0.29) is 32.7 Å². The zero-order valence-electron chi connectivity index (χ0n) is 12.2. The van der Waals surface area contributed by atoms with E-state index >= 15 is 0 Å². The van der Waals surface area contributed by atoms with Crippen molar-refractivity contribution in [2.75, 3.05) is 0 Å². The summed E-state index contributed by atoms with van der Waals surface area (Å²) in [6.07, 6.45) is 20.6. The smallest absolute Gasteiger partial charge is 0 e. The summed E-state index contributed by atoms with van der Waals surface area (Å²) in [5.74, 6) is 0.827. The van der Waals surface area contributed by atoms with Crippen LogP contribution in [0.4, 0.5) is 0 Å². The van der Waals surface area contributed by atoms with Crippen LogP contribution in [0.5, 0.6) is 0 Å². The first-order chi connectivity index (χ1) is 8.81. The molecule has 0 aromatic heterocycles. The minimum atomic E-state index is 0. The van der Waals surface area contributed by atoms with Gasteiger partial charge in [0.1, 0.15) is 0 Å². The van der Waals surface area contributed by atoms with Gasteiger partial charge in [-0.15, -0.1) is 0 Å². The van der Waals surface area contributed by atoms with E-state index in [0.717, 1.165) is 18.8 Å². The summed E-state index contributed by atoms with van der Waals surface area (Å²) in [5, 5.41) is 0. The molecule has 0 amide bonds. The Morgan fingerprint density at radius 2 is 1.89 bits per heavy atom. The van der Waals surface area contributed by atoms with Crippen molar-refractivity contribution < 1.29 is 32.7 Å². The van der Waals surface area contributed by atoms with Gasteiger partial charge < -0.3 is 6.42 Å². The average Bonchev–Trinajstić information content (AvgIpc) is 2.41. The van der Waals surface area contributed by atoms with Crippen LogP contribution in [0.15, 0.2) is 47.6 Å². The number of allylic oxidation sites excluding steroid dienone is 7. The monoisotopic (exact) mass is 330 g/mol. The van der Waals surface area contributed by atoms with Crippen LogP contribution >= 0.6 is 0 Å². The van der Waals surface area contributed by atoms with Crippen LogP contribution in [0.25, 0.3) is 0 Å². The maximum absolute atomic E-state index is 3.80. The zero-order chi connectivity index (χ0) is 12.8. The Morgan fingerprint density at radius 3 is 2.58 bits per heavy atom. The van der Waals surface area contributed by atoms with Crippen molar-refractivity contribution in [3.63, 3.8) is 0 Å². The van der Waals surface area contributed by atoms with Crippen LogP contribution in [0.1, 0.15) is 51.9 Å². The molecule has 0 aliphatic heterocycles. The van der Waals surface area contributed by atoms with Crippen molar-refractivity contribution in [2.45, 2.75) is 51.9 Å². The van der Waals surface area contributed by atoms with Gasteiger partial charge >= 0.3 is 0 Å². The maximum Gasteiger partial charge on any atom is 0 e. The summed E-state index contributed by atoms with van der Waals surface area (Å²) in [4.78, 5) is 0. The molecule has 2 aliphatic carbocycles. The molecule has 0 heterocycles. The van der Waals surface area contributed by atoms with Gasteiger partial charge in [0, 0.05) is 32.7 Å². The summed E-state index contributed by atoms with van der Waals surface area (Å²) in [5.41, 5.74) is 4.39. The summed E-state index contributed by atoms with van der Waals surface area (Å²) < 4.78 is 0. The van der Waals surface area contributed by atoms with E-state index in [1.54, 1.807) is 0 Å². The van der Waals surface area contributed by atoms with Crippen LogP contribution in [0.2, 0.25) is 0 Å². The van der Waals surface area contributed by atoms with Gasteiger partial charge in [0.05, 0.1) is 0 Å². The fraction of sp³-hybridized carbons (Fsp3) is 0.500. The van der Waals surface area contributed by atoms with Gasteiger partial charge in [0.2, 0.25) is 0 Å². The zero-order valence-corrected chi connectivity index (χ0v) is 15.0. The molecule has 0 unspecified atom stereocenters. The van der Waals surface area contributed by atoms with Crippen LogP contribution in [0, 0.1) is 12.3 Å². The molecule has 0 spiro atoms. The fourth-order valence-electron chi connectivity index (χ4n) is 3.00. The molecule has 2 rings (SSSR count). The average molecular weight is 330 g/mol. The molecule has 101 valence electrons. The standard InChI is InChI=1S/C18H25.Y/c1-3-8-17-11-7-12-18(15(17)2)14-13-16-9-5-4-6-10-16;/h3,7-8,13-14,16H,1,4-6,9-12H2,2H3;/q-1;/b14-13+,17-8+;. The van der Waals surface area contributed by atoms with Crippen molar-refractivity contribution in [3.05, 3.63) is 54.0 Å². The van der Waals surface area contributed by atoms with Crippen molar-refractivity contribution in [1.29, 1.82) is 0 Å². The molecular formula is C18H25Y-. The summed E-state index contributed by atoms with van der Waals surface area (Å²) in [6, 6.07) is 0. The molecule has 0 N–H and O–H groups in total. The molecule has 19 heavy (non-hydrogen) atoms. The fourth-order valence-corrected chi connectivity index (χ4v) is 3.00. The van der Waals surface area contributed by atoms with Gasteiger partial charge in [-0.25, -0.2) is 0 Å². The van der Waals surface area contributed by atoms with Crippen molar-refractivity contribution in [3.8, 4) is 0 Å². The summed E-state index contributed by atoms with van der Waals surface area (Å²) in [6.45, 7) is 6.06. The predicted octanol–water partition coefficient (Wildman–Crippen LogP) is 5.55. The molecule has 0 atom stereocenters. The largest absolute Gasteiger partial charge is 0.320 e. The SMILES string of the molecule is C=C/C=C1\C[CH-]CC(/C=C/C2CCCCC2)=C1C.[Y]. The molecular weight excluding hydrogens is 305 g/mol. The molecule has 1 fully saturated rings. The Morgan fingerprint density at radius 1 is 1.16 bits per heavy atom. The third kappa shape index (κ3) is 5.16. The molecule has 1 saturated carbocycles. The van der Waals surface area contributed by atoms with E-state index in [1.165, 1.54) is 48.8 Å². The molecule has 2 aliphatic rings. The van der Waals surface area contributed by atoms with Gasteiger partial charge in [-0.3, -0.25) is 0 Å². The van der Waals surface area contributed by atoms with Crippen LogP contribution in [-0.4, -0.2) is 0 Å². The molecule has 0 nitrogen and oxygen atoms in total. The Hall–Kier alpha value is 0.0639. The Labute approximate surface area is 144 Å². The van der Waals surface area contributed by atoms with Crippen LogP contribution in [-0.2, 0) is 32.7 Å². The summed E-state index contributed by atoms with van der Waals surface area (Å²) >= 11 is 0. The second-order valence-electron chi connectivity index (χ2n) is 5.53. The van der Waals surface area contributed by atoms with E-state index in [1.807, 2.05) is 6.08 Å². The predicted molar refractivity (Wildman–Crippen MR) is 80.2 cm³/mol. The van der Waals surface area contributed by atoms with E-state index in [9.17, 15) is 0 Å². The second-order valence-corrected chi connectivity index (χ2v) is 5.53. The van der Waals surface area contributed by atoms with Crippen molar-refractivity contribution in [2.24, 2.45) is 5.92 Å². The van der Waals surface area contributed by atoms with Gasteiger partial charge in [-0.1, -0.05) is 61.3 Å². The number of rotatable bonds is 3. The van der Waals surface area contributed by atoms with Gasteiger partial charge in [-0.2, -0.15) is 12.8 Å². The number of hydrogen-bond donors (Lipinski definition) is 0. The third-order valence-corrected chi connectivity index (χ3v) is 4.23. The molecule has 1 heteroatoms. The topological polar surface area (TPSA) is 0 Å². The molecule has 0 aromatic carbocycles. The van der Waals surface area contributed by atoms with Crippen LogP contribution in [0.3, 0.4) is 0 Å². The molecule has 0 saturated heterocycles. The Kier molecular flexibility index (Phi) is 8.18. The van der Waals surface area contributed by atoms with E-state index in [0.29, 0.717) is 0 Å². The Bertz CT molecular complexity index is 378. The second kappa shape index (κ2) is 9.08. The van der Waals surface area contributed by atoms with Gasteiger partial charge in [0.25, 0.3) is 0 Å². The molecule has 1 radical (unpaired) electrons. The van der Waals surface area contributed by atoms with Crippen molar-refractivity contribution >= 4 is 0 Å². The maximum atomic E-state index is 3.80. The minimum Gasteiger partial charge on any atom is -0.320 e. The van der Waals surface area contributed by atoms with Gasteiger partial charge in [0.15, 0.2) is 0 Å². The number of hydrogen-bond acceptors (Lipinski definition) is 0. The van der Waals surface area contributed by atoms with E-state index in [2.05, 4.69) is 38.2 Å². The van der Waals surface area contributed by atoms with E-state index < -0.39 is 0 Å². The quantitative estimate of drug-likeness (QED) is 0.595. The first-order valence-electron chi connectivity index (χ1n) is 7.33. The molecule has 0 aromatic rings. The Balaban J connectivity index is 0.00000180. The molecule has 0 bridgehead atoms. The minimum absolute atomic E-state index is 0. The normalized spacial score (nSPS) is 23.7. The van der Waals surface area contributed by atoms with Crippen molar-refractivity contribution in [1.82, 2.24) is 0 Å². The van der Waals surface area contributed by atoms with Gasteiger partial charge in [-0.05, 0) is 31.3 Å². The first-order valence-corrected chi connectivity index (χ1v) is 7.33.